The molecule has 0 aromatic heterocycles. The lowest BCUT2D eigenvalue weighted by Gasteiger charge is -2.40. The van der Waals surface area contributed by atoms with Crippen molar-refractivity contribution in [3.05, 3.63) is 29.8 Å². The monoisotopic (exact) mass is 289 g/mol. The first-order valence-electron chi connectivity index (χ1n) is 8.52. The van der Waals surface area contributed by atoms with Gasteiger partial charge in [-0.3, -0.25) is 0 Å². The van der Waals surface area contributed by atoms with E-state index in [4.69, 9.17) is 4.74 Å². The van der Waals surface area contributed by atoms with Gasteiger partial charge >= 0.3 is 0 Å². The SMILES string of the molecule is CCOc1ccccc1C(NC)C1(CC(C)C)CCCC1. The zero-order valence-corrected chi connectivity index (χ0v) is 14.1. The summed E-state index contributed by atoms with van der Waals surface area (Å²) < 4.78 is 5.89. The van der Waals surface area contributed by atoms with Gasteiger partial charge in [0.15, 0.2) is 0 Å². The normalized spacial score (nSPS) is 18.9. The van der Waals surface area contributed by atoms with Crippen molar-refractivity contribution in [1.29, 1.82) is 0 Å². The molecule has 0 aliphatic heterocycles. The van der Waals surface area contributed by atoms with Crippen molar-refractivity contribution in [3.63, 3.8) is 0 Å². The van der Waals surface area contributed by atoms with E-state index in [1.807, 2.05) is 0 Å². The van der Waals surface area contributed by atoms with Gasteiger partial charge in [0.1, 0.15) is 5.75 Å². The van der Waals surface area contributed by atoms with E-state index >= 15 is 0 Å². The Bertz CT molecular complexity index is 435. The van der Waals surface area contributed by atoms with E-state index in [2.05, 4.69) is 57.4 Å². The van der Waals surface area contributed by atoms with Gasteiger partial charge in [0.25, 0.3) is 0 Å². The summed E-state index contributed by atoms with van der Waals surface area (Å²) in [5, 5.41) is 3.63. The molecule has 0 amide bonds. The van der Waals surface area contributed by atoms with Crippen LogP contribution in [-0.2, 0) is 0 Å². The maximum absolute atomic E-state index is 5.89. The summed E-state index contributed by atoms with van der Waals surface area (Å²) in [6, 6.07) is 8.96. The molecule has 1 fully saturated rings. The van der Waals surface area contributed by atoms with Crippen LogP contribution >= 0.6 is 0 Å². The van der Waals surface area contributed by atoms with Crippen molar-refractivity contribution in [3.8, 4) is 5.75 Å². The molecule has 0 saturated heterocycles. The first-order valence-corrected chi connectivity index (χ1v) is 8.52. The molecule has 1 unspecified atom stereocenters. The van der Waals surface area contributed by atoms with Crippen LogP contribution in [-0.4, -0.2) is 13.7 Å². The van der Waals surface area contributed by atoms with E-state index in [1.54, 1.807) is 0 Å². The lowest BCUT2D eigenvalue weighted by atomic mass is 9.70. The Labute approximate surface area is 130 Å². The smallest absolute Gasteiger partial charge is 0.124 e. The van der Waals surface area contributed by atoms with E-state index in [0.717, 1.165) is 18.3 Å². The zero-order valence-electron chi connectivity index (χ0n) is 14.1. The molecule has 0 bridgehead atoms. The van der Waals surface area contributed by atoms with Crippen molar-refractivity contribution in [2.24, 2.45) is 11.3 Å². The summed E-state index contributed by atoms with van der Waals surface area (Å²) in [5.74, 6) is 1.78. The molecular weight excluding hydrogens is 258 g/mol. The standard InChI is InChI=1S/C19H31NO/c1-5-21-17-11-7-6-10-16(17)18(20-4)19(14-15(2)3)12-8-9-13-19/h6-7,10-11,15,18,20H,5,8-9,12-14H2,1-4H3. The number of hydrogen-bond donors (Lipinski definition) is 1. The van der Waals surface area contributed by atoms with Crippen molar-refractivity contribution in [2.75, 3.05) is 13.7 Å². The summed E-state index contributed by atoms with van der Waals surface area (Å²) in [7, 11) is 2.10. The molecule has 1 aliphatic rings. The number of rotatable bonds is 7. The third kappa shape index (κ3) is 3.60. The Morgan fingerprint density at radius 2 is 1.86 bits per heavy atom. The Hall–Kier alpha value is -1.02. The van der Waals surface area contributed by atoms with Crippen LogP contribution in [0.2, 0.25) is 0 Å². The van der Waals surface area contributed by atoms with Gasteiger partial charge in [-0.2, -0.15) is 0 Å². The van der Waals surface area contributed by atoms with Crippen molar-refractivity contribution in [2.45, 2.75) is 58.9 Å². The Morgan fingerprint density at radius 1 is 1.19 bits per heavy atom. The van der Waals surface area contributed by atoms with Gasteiger partial charge in [0, 0.05) is 11.6 Å². The molecule has 0 spiro atoms. The van der Waals surface area contributed by atoms with Gasteiger partial charge in [-0.15, -0.1) is 0 Å². The number of benzene rings is 1. The summed E-state index contributed by atoms with van der Waals surface area (Å²) in [6.45, 7) is 7.48. The molecule has 1 aliphatic carbocycles. The van der Waals surface area contributed by atoms with E-state index in [-0.39, 0.29) is 0 Å². The topological polar surface area (TPSA) is 21.3 Å². The fraction of sp³-hybridized carbons (Fsp3) is 0.684. The van der Waals surface area contributed by atoms with Gasteiger partial charge in [0.05, 0.1) is 6.61 Å². The summed E-state index contributed by atoms with van der Waals surface area (Å²) in [4.78, 5) is 0. The summed E-state index contributed by atoms with van der Waals surface area (Å²) in [5.41, 5.74) is 1.72. The molecule has 21 heavy (non-hydrogen) atoms. The Balaban J connectivity index is 2.37. The van der Waals surface area contributed by atoms with Crippen LogP contribution in [0.15, 0.2) is 24.3 Å². The van der Waals surface area contributed by atoms with Gasteiger partial charge in [0.2, 0.25) is 0 Å². The molecule has 2 nitrogen and oxygen atoms in total. The molecule has 118 valence electrons. The highest BCUT2D eigenvalue weighted by atomic mass is 16.5. The molecule has 1 aromatic rings. The molecule has 1 saturated carbocycles. The van der Waals surface area contributed by atoms with Crippen molar-refractivity contribution >= 4 is 0 Å². The summed E-state index contributed by atoms with van der Waals surface area (Å²) in [6.07, 6.45) is 6.68. The predicted octanol–water partition coefficient (Wildman–Crippen LogP) is 4.95. The average Bonchev–Trinajstić information content (AvgIpc) is 2.90. The lowest BCUT2D eigenvalue weighted by molar-refractivity contribution is 0.158. The first-order chi connectivity index (χ1) is 10.1. The van der Waals surface area contributed by atoms with E-state index in [1.165, 1.54) is 37.7 Å². The highest BCUT2D eigenvalue weighted by Gasteiger charge is 2.42. The molecule has 2 heteroatoms. The maximum Gasteiger partial charge on any atom is 0.124 e. The predicted molar refractivity (Wildman–Crippen MR) is 89.8 cm³/mol. The first kappa shape index (κ1) is 16.4. The minimum atomic E-state index is 0.385. The number of nitrogens with one attached hydrogen (secondary N) is 1. The van der Waals surface area contributed by atoms with Crippen LogP contribution in [0.25, 0.3) is 0 Å². The number of ether oxygens (including phenoxy) is 1. The van der Waals surface area contributed by atoms with Crippen LogP contribution in [0.4, 0.5) is 0 Å². The van der Waals surface area contributed by atoms with Crippen LogP contribution in [0, 0.1) is 11.3 Å². The number of hydrogen-bond acceptors (Lipinski definition) is 2. The van der Waals surface area contributed by atoms with Gasteiger partial charge < -0.3 is 10.1 Å². The zero-order chi connectivity index (χ0) is 15.3. The largest absolute Gasteiger partial charge is 0.494 e. The Morgan fingerprint density at radius 3 is 2.43 bits per heavy atom. The van der Waals surface area contributed by atoms with Gasteiger partial charge in [-0.25, -0.2) is 0 Å². The quantitative estimate of drug-likeness (QED) is 0.766. The second-order valence-corrected chi connectivity index (χ2v) is 6.86. The molecule has 1 aromatic carbocycles. The van der Waals surface area contributed by atoms with Crippen LogP contribution in [0.5, 0.6) is 5.75 Å². The van der Waals surface area contributed by atoms with Crippen LogP contribution in [0.3, 0.4) is 0 Å². The van der Waals surface area contributed by atoms with Crippen molar-refractivity contribution in [1.82, 2.24) is 5.32 Å². The number of para-hydroxylation sites is 1. The fourth-order valence-electron chi connectivity index (χ4n) is 4.30. The molecule has 2 rings (SSSR count). The lowest BCUT2D eigenvalue weighted by Crippen LogP contribution is -2.36. The second-order valence-electron chi connectivity index (χ2n) is 6.86. The fourth-order valence-corrected chi connectivity index (χ4v) is 4.30. The molecule has 1 atom stereocenters. The minimum Gasteiger partial charge on any atom is -0.494 e. The molecule has 1 N–H and O–H groups in total. The molecule has 0 radical (unpaired) electrons. The molecule has 0 heterocycles. The van der Waals surface area contributed by atoms with Crippen LogP contribution < -0.4 is 10.1 Å². The minimum absolute atomic E-state index is 0.385. The Kier molecular flexibility index (Phi) is 5.69. The van der Waals surface area contributed by atoms with E-state index < -0.39 is 0 Å². The highest BCUT2D eigenvalue weighted by molar-refractivity contribution is 5.37. The maximum atomic E-state index is 5.89. The van der Waals surface area contributed by atoms with Crippen LogP contribution in [0.1, 0.15) is 64.5 Å². The third-order valence-electron chi connectivity index (χ3n) is 4.85. The second kappa shape index (κ2) is 7.31. The highest BCUT2D eigenvalue weighted by Crippen LogP contribution is 2.52. The van der Waals surface area contributed by atoms with Gasteiger partial charge in [-0.1, -0.05) is 44.9 Å². The third-order valence-corrected chi connectivity index (χ3v) is 4.85. The summed E-state index contributed by atoms with van der Waals surface area (Å²) >= 11 is 0. The average molecular weight is 289 g/mol. The van der Waals surface area contributed by atoms with E-state index in [0.29, 0.717) is 11.5 Å². The van der Waals surface area contributed by atoms with E-state index in [9.17, 15) is 0 Å². The van der Waals surface area contributed by atoms with Crippen molar-refractivity contribution < 1.29 is 4.74 Å². The molecular formula is C19H31NO. The van der Waals surface area contributed by atoms with Gasteiger partial charge in [-0.05, 0) is 50.6 Å².